The smallest absolute Gasteiger partial charge is 0.224 e. The third kappa shape index (κ3) is 4.14. The van der Waals surface area contributed by atoms with E-state index in [2.05, 4.69) is 31.2 Å². The first-order valence-corrected chi connectivity index (χ1v) is 9.93. The first-order chi connectivity index (χ1) is 13.2. The highest BCUT2D eigenvalue weighted by Gasteiger charge is 2.19. The Morgan fingerprint density at radius 2 is 2.15 bits per heavy atom. The molecule has 4 rings (SSSR count). The summed E-state index contributed by atoms with van der Waals surface area (Å²) in [7, 11) is 1.68. The van der Waals surface area contributed by atoms with E-state index in [1.54, 1.807) is 18.4 Å². The van der Waals surface area contributed by atoms with Crippen molar-refractivity contribution >= 4 is 44.8 Å². The zero-order chi connectivity index (χ0) is 18.6. The van der Waals surface area contributed by atoms with Gasteiger partial charge in [0.15, 0.2) is 5.82 Å². The molecule has 7 nitrogen and oxygen atoms in total. The van der Waals surface area contributed by atoms with Gasteiger partial charge in [-0.25, -0.2) is 9.97 Å². The monoisotopic (exact) mass is 405 g/mol. The van der Waals surface area contributed by atoms with E-state index in [0.717, 1.165) is 51.9 Å². The Bertz CT molecular complexity index is 912. The zero-order valence-electron chi connectivity index (χ0n) is 14.9. The minimum absolute atomic E-state index is 0.268. The van der Waals surface area contributed by atoms with Gasteiger partial charge in [-0.2, -0.15) is 4.98 Å². The lowest BCUT2D eigenvalue weighted by molar-refractivity contribution is 0.122. The van der Waals surface area contributed by atoms with E-state index in [-0.39, 0.29) is 5.28 Å². The number of nitrogens with zero attached hydrogens (tertiary/aromatic N) is 4. The molecule has 0 spiro atoms. The van der Waals surface area contributed by atoms with Gasteiger partial charge in [-0.05, 0) is 29.8 Å². The van der Waals surface area contributed by atoms with Crippen LogP contribution in [-0.2, 0) is 9.47 Å². The SMILES string of the molecule is COCCNc1ccc(-c2cc3nc(Cl)nc(N4CCOCC4)c3s2)cn1. The molecular weight excluding hydrogens is 386 g/mol. The van der Waals surface area contributed by atoms with Gasteiger partial charge in [-0.3, -0.25) is 0 Å². The first kappa shape index (κ1) is 18.4. The van der Waals surface area contributed by atoms with Crippen LogP contribution in [0.2, 0.25) is 5.28 Å². The van der Waals surface area contributed by atoms with Crippen LogP contribution in [0, 0.1) is 0 Å². The molecule has 0 aromatic carbocycles. The fourth-order valence-corrected chi connectivity index (χ4v) is 4.22. The van der Waals surface area contributed by atoms with Crippen LogP contribution in [0.15, 0.2) is 24.4 Å². The zero-order valence-corrected chi connectivity index (χ0v) is 16.5. The molecule has 0 aliphatic carbocycles. The number of hydrogen-bond donors (Lipinski definition) is 1. The molecule has 0 radical (unpaired) electrons. The van der Waals surface area contributed by atoms with Gasteiger partial charge in [-0.1, -0.05) is 0 Å². The lowest BCUT2D eigenvalue weighted by Crippen LogP contribution is -2.36. The van der Waals surface area contributed by atoms with E-state index in [1.807, 2.05) is 18.3 Å². The van der Waals surface area contributed by atoms with E-state index in [0.29, 0.717) is 19.8 Å². The molecule has 0 atom stereocenters. The van der Waals surface area contributed by atoms with Crippen molar-refractivity contribution in [1.82, 2.24) is 15.0 Å². The standard InChI is InChI=1S/C18H20ClN5O2S/c1-25-7-4-20-15-3-2-12(11-21-15)14-10-13-16(27-14)17(23-18(19)22-13)24-5-8-26-9-6-24/h2-3,10-11H,4-9H2,1H3,(H,20,21). The topological polar surface area (TPSA) is 72.4 Å². The summed E-state index contributed by atoms with van der Waals surface area (Å²) in [5, 5.41) is 3.49. The van der Waals surface area contributed by atoms with Crippen LogP contribution in [0.1, 0.15) is 0 Å². The number of fused-ring (bicyclic) bond motifs is 1. The van der Waals surface area contributed by atoms with Gasteiger partial charge in [0.1, 0.15) is 5.82 Å². The first-order valence-electron chi connectivity index (χ1n) is 8.73. The van der Waals surface area contributed by atoms with Crippen molar-refractivity contribution in [3.63, 3.8) is 0 Å². The average Bonchev–Trinajstić information content (AvgIpc) is 3.12. The molecule has 3 aromatic rings. The van der Waals surface area contributed by atoms with Crippen LogP contribution >= 0.6 is 22.9 Å². The molecule has 9 heteroatoms. The van der Waals surface area contributed by atoms with Gasteiger partial charge in [0, 0.05) is 43.4 Å². The Balaban J connectivity index is 1.63. The maximum absolute atomic E-state index is 6.17. The normalized spacial score (nSPS) is 14.7. The molecular formula is C18H20ClN5O2S. The number of aromatic nitrogens is 3. The number of morpholine rings is 1. The number of hydrogen-bond acceptors (Lipinski definition) is 8. The number of rotatable bonds is 6. The molecule has 0 bridgehead atoms. The van der Waals surface area contributed by atoms with Crippen molar-refractivity contribution in [2.24, 2.45) is 0 Å². The second-order valence-corrected chi connectivity index (χ2v) is 7.48. The Morgan fingerprint density at radius 1 is 1.30 bits per heavy atom. The lowest BCUT2D eigenvalue weighted by atomic mass is 10.2. The molecule has 142 valence electrons. The lowest BCUT2D eigenvalue weighted by Gasteiger charge is -2.28. The largest absolute Gasteiger partial charge is 0.383 e. The van der Waals surface area contributed by atoms with Crippen LogP contribution in [0.3, 0.4) is 0 Å². The maximum atomic E-state index is 6.17. The van der Waals surface area contributed by atoms with Crippen LogP contribution < -0.4 is 10.2 Å². The molecule has 3 aromatic heterocycles. The van der Waals surface area contributed by atoms with Crippen LogP contribution in [-0.4, -0.2) is 61.5 Å². The number of methoxy groups -OCH3 is 1. The van der Waals surface area contributed by atoms with Gasteiger partial charge in [0.05, 0.1) is 30.0 Å². The van der Waals surface area contributed by atoms with Crippen molar-refractivity contribution in [2.45, 2.75) is 0 Å². The third-order valence-corrected chi connectivity index (χ3v) is 5.64. The predicted octanol–water partition coefficient (Wildman–Crippen LogP) is 3.30. The number of nitrogens with one attached hydrogen (secondary N) is 1. The van der Waals surface area contributed by atoms with Gasteiger partial charge in [0.25, 0.3) is 0 Å². The maximum Gasteiger partial charge on any atom is 0.224 e. The Labute approximate surface area is 166 Å². The Hall–Kier alpha value is -2.00. The summed E-state index contributed by atoms with van der Waals surface area (Å²) in [5.74, 6) is 1.71. The van der Waals surface area contributed by atoms with Crippen LogP contribution in [0.25, 0.3) is 20.7 Å². The molecule has 0 amide bonds. The van der Waals surface area contributed by atoms with Gasteiger partial charge in [-0.15, -0.1) is 11.3 Å². The fraction of sp³-hybridized carbons (Fsp3) is 0.389. The van der Waals surface area contributed by atoms with Gasteiger partial charge < -0.3 is 19.7 Å². The fourth-order valence-electron chi connectivity index (χ4n) is 2.94. The molecule has 1 N–H and O–H groups in total. The molecule has 1 aliphatic heterocycles. The Kier molecular flexibility index (Phi) is 5.68. The number of anilines is 2. The van der Waals surface area contributed by atoms with E-state index < -0.39 is 0 Å². The number of pyridine rings is 1. The third-order valence-electron chi connectivity index (χ3n) is 4.30. The number of halogens is 1. The second kappa shape index (κ2) is 8.35. The van der Waals surface area contributed by atoms with Crippen molar-refractivity contribution in [1.29, 1.82) is 0 Å². The van der Waals surface area contributed by atoms with E-state index in [9.17, 15) is 0 Å². The minimum atomic E-state index is 0.268. The van der Waals surface area contributed by atoms with Crippen molar-refractivity contribution < 1.29 is 9.47 Å². The summed E-state index contributed by atoms with van der Waals surface area (Å²) in [4.78, 5) is 16.7. The van der Waals surface area contributed by atoms with Crippen LogP contribution in [0.5, 0.6) is 0 Å². The second-order valence-electron chi connectivity index (χ2n) is 6.09. The predicted molar refractivity (Wildman–Crippen MR) is 109 cm³/mol. The number of thiophene rings is 1. The molecule has 0 unspecified atom stereocenters. The highest BCUT2D eigenvalue weighted by molar-refractivity contribution is 7.22. The highest BCUT2D eigenvalue weighted by atomic mass is 35.5. The summed E-state index contributed by atoms with van der Waals surface area (Å²) in [6, 6.07) is 6.07. The molecule has 4 heterocycles. The summed E-state index contributed by atoms with van der Waals surface area (Å²) < 4.78 is 11.5. The Morgan fingerprint density at radius 3 is 2.89 bits per heavy atom. The van der Waals surface area contributed by atoms with Gasteiger partial charge in [0.2, 0.25) is 5.28 Å². The van der Waals surface area contributed by atoms with Crippen molar-refractivity contribution in [2.75, 3.05) is 56.8 Å². The van der Waals surface area contributed by atoms with E-state index >= 15 is 0 Å². The summed E-state index contributed by atoms with van der Waals surface area (Å²) in [5.41, 5.74) is 1.90. The molecule has 1 aliphatic rings. The van der Waals surface area contributed by atoms with Crippen LogP contribution in [0.4, 0.5) is 11.6 Å². The average molecular weight is 406 g/mol. The molecule has 1 saturated heterocycles. The summed E-state index contributed by atoms with van der Waals surface area (Å²) >= 11 is 7.83. The van der Waals surface area contributed by atoms with Gasteiger partial charge >= 0.3 is 0 Å². The molecule has 1 fully saturated rings. The molecule has 0 saturated carbocycles. The summed E-state index contributed by atoms with van der Waals surface area (Å²) in [6.45, 7) is 4.37. The van der Waals surface area contributed by atoms with Crippen molar-refractivity contribution in [3.8, 4) is 10.4 Å². The minimum Gasteiger partial charge on any atom is -0.383 e. The highest BCUT2D eigenvalue weighted by Crippen LogP contribution is 2.38. The quantitative estimate of drug-likeness (QED) is 0.498. The molecule has 27 heavy (non-hydrogen) atoms. The van der Waals surface area contributed by atoms with E-state index in [4.69, 9.17) is 21.1 Å². The van der Waals surface area contributed by atoms with Crippen molar-refractivity contribution in [3.05, 3.63) is 29.7 Å². The number of ether oxygens (including phenoxy) is 2. The van der Waals surface area contributed by atoms with E-state index in [1.165, 1.54) is 0 Å². The summed E-state index contributed by atoms with van der Waals surface area (Å²) in [6.07, 6.45) is 1.86.